The molecule has 3 fully saturated rings. The third kappa shape index (κ3) is 6.97. The van der Waals surface area contributed by atoms with Gasteiger partial charge in [0.1, 0.15) is 0 Å². The molecule has 0 heterocycles. The zero-order valence-electron chi connectivity index (χ0n) is 15.8. The van der Waals surface area contributed by atoms with Gasteiger partial charge in [-0.2, -0.15) is 0 Å². The van der Waals surface area contributed by atoms with Crippen molar-refractivity contribution in [3.8, 4) is 0 Å². The predicted molar refractivity (Wildman–Crippen MR) is 102 cm³/mol. The number of fused-ring (bicyclic) bond motifs is 2. The van der Waals surface area contributed by atoms with Gasteiger partial charge in [0.05, 0.1) is 6.10 Å². The minimum Gasteiger partial charge on any atom is -0.481 e. The Morgan fingerprint density at radius 3 is 2.68 bits per heavy atom. The lowest BCUT2D eigenvalue weighted by Gasteiger charge is -2.50. The third-order valence-electron chi connectivity index (χ3n) is 6.05. The molecule has 3 rings (SSSR count). The number of allylic oxidation sites excluding steroid dienone is 3. The molecule has 3 nitrogen and oxygen atoms in total. The van der Waals surface area contributed by atoms with E-state index in [1.807, 2.05) is 0 Å². The summed E-state index contributed by atoms with van der Waals surface area (Å²) in [7, 11) is 0. The largest absolute Gasteiger partial charge is 0.481 e. The Kier molecular flexibility index (Phi) is 8.74. The molecule has 2 bridgehead atoms. The van der Waals surface area contributed by atoms with E-state index in [2.05, 4.69) is 31.2 Å². The highest BCUT2D eigenvalue weighted by Crippen LogP contribution is 2.53. The van der Waals surface area contributed by atoms with Crippen molar-refractivity contribution in [3.63, 3.8) is 0 Å². The molecule has 142 valence electrons. The Hall–Kier alpha value is -1.09. The highest BCUT2D eigenvalue weighted by atomic mass is 16.4. The number of carboxylic acid groups (broad SMARTS) is 1. The molecular weight excluding hydrogens is 312 g/mol. The summed E-state index contributed by atoms with van der Waals surface area (Å²) < 4.78 is 0. The van der Waals surface area contributed by atoms with Gasteiger partial charge in [-0.15, -0.1) is 0 Å². The van der Waals surface area contributed by atoms with Crippen molar-refractivity contribution in [1.82, 2.24) is 0 Å². The summed E-state index contributed by atoms with van der Waals surface area (Å²) in [6, 6.07) is 0. The molecule has 0 aliphatic heterocycles. The zero-order chi connectivity index (χ0) is 18.1. The molecule has 0 aromatic heterocycles. The highest BCUT2D eigenvalue weighted by Gasteiger charge is 2.43. The van der Waals surface area contributed by atoms with E-state index in [-0.39, 0.29) is 12.5 Å². The van der Waals surface area contributed by atoms with Gasteiger partial charge in [0, 0.05) is 6.42 Å². The third-order valence-corrected chi connectivity index (χ3v) is 6.05. The van der Waals surface area contributed by atoms with Gasteiger partial charge in [-0.05, 0) is 68.6 Å². The lowest BCUT2D eigenvalue weighted by molar-refractivity contribution is -0.137. The summed E-state index contributed by atoms with van der Waals surface area (Å²) >= 11 is 0. The van der Waals surface area contributed by atoms with Crippen LogP contribution in [0.1, 0.15) is 77.6 Å². The highest BCUT2D eigenvalue weighted by molar-refractivity contribution is 5.66. The van der Waals surface area contributed by atoms with E-state index in [1.165, 1.54) is 32.1 Å². The van der Waals surface area contributed by atoms with E-state index >= 15 is 0 Å². The van der Waals surface area contributed by atoms with Gasteiger partial charge in [0.2, 0.25) is 0 Å². The molecule has 0 aromatic rings. The molecule has 0 unspecified atom stereocenters. The number of hydrogen-bond donors (Lipinski definition) is 2. The van der Waals surface area contributed by atoms with Gasteiger partial charge >= 0.3 is 5.97 Å². The molecule has 3 aliphatic carbocycles. The van der Waals surface area contributed by atoms with Crippen LogP contribution in [0.3, 0.4) is 0 Å². The lowest BCUT2D eigenvalue weighted by Crippen LogP contribution is -2.41. The van der Waals surface area contributed by atoms with Crippen LogP contribution < -0.4 is 0 Å². The van der Waals surface area contributed by atoms with Gasteiger partial charge in [0.25, 0.3) is 0 Å². The molecule has 25 heavy (non-hydrogen) atoms. The Morgan fingerprint density at radius 1 is 1.16 bits per heavy atom. The maximum atomic E-state index is 10.5. The Bertz CT molecular complexity index is 448. The summed E-state index contributed by atoms with van der Waals surface area (Å²) in [5.41, 5.74) is 0. The van der Waals surface area contributed by atoms with Gasteiger partial charge in [-0.3, -0.25) is 4.79 Å². The zero-order valence-corrected chi connectivity index (χ0v) is 15.8. The Balaban J connectivity index is 1.76. The molecule has 2 N–H and O–H groups in total. The van der Waals surface area contributed by atoms with E-state index in [9.17, 15) is 9.90 Å². The first-order chi connectivity index (χ1) is 12.1. The molecule has 3 atom stereocenters. The van der Waals surface area contributed by atoms with Crippen molar-refractivity contribution >= 4 is 5.97 Å². The average Bonchev–Trinajstić information content (AvgIpc) is 2.55. The Labute approximate surface area is 153 Å². The Morgan fingerprint density at radius 2 is 1.96 bits per heavy atom. The quantitative estimate of drug-likeness (QED) is 0.369. The van der Waals surface area contributed by atoms with Crippen LogP contribution in [0, 0.1) is 23.7 Å². The molecule has 0 saturated heterocycles. The second-order valence-corrected chi connectivity index (χ2v) is 8.10. The number of rotatable bonds is 12. The summed E-state index contributed by atoms with van der Waals surface area (Å²) in [6.45, 7) is 2.19. The van der Waals surface area contributed by atoms with Crippen molar-refractivity contribution < 1.29 is 15.0 Å². The fourth-order valence-corrected chi connectivity index (χ4v) is 4.54. The standard InChI is InChI=1S/C22H36O3/c1-2-3-6-9-20(23)13-12-18-14-17-15-19(16-17)21(18)10-7-4-5-8-11-22(24)25/h4,7,12-13,17-21,23H,2-3,5-6,8-11,14-16H2,1H3,(H,24,25)/t17?,18-,19?,20-,21+/m0/s1. The minimum atomic E-state index is -0.705. The van der Waals surface area contributed by atoms with Gasteiger partial charge in [-0.25, -0.2) is 0 Å². The molecule has 3 aliphatic rings. The number of aliphatic carboxylic acids is 1. The van der Waals surface area contributed by atoms with Crippen LogP contribution in [0.2, 0.25) is 0 Å². The van der Waals surface area contributed by atoms with Crippen LogP contribution in [0.15, 0.2) is 24.3 Å². The van der Waals surface area contributed by atoms with Crippen LogP contribution in [0.25, 0.3) is 0 Å². The molecule has 0 aromatic carbocycles. The molecule has 0 spiro atoms. The predicted octanol–water partition coefficient (Wildman–Crippen LogP) is 5.35. The molecule has 0 radical (unpaired) electrons. The van der Waals surface area contributed by atoms with E-state index < -0.39 is 5.97 Å². The first-order valence-corrected chi connectivity index (χ1v) is 10.3. The van der Waals surface area contributed by atoms with Crippen LogP contribution in [0.4, 0.5) is 0 Å². The van der Waals surface area contributed by atoms with Crippen molar-refractivity contribution in [1.29, 1.82) is 0 Å². The SMILES string of the molecule is CCCCC[C@H](O)C=C[C@H]1CC2CC(C2)[C@@H]1CC=CCCCC(=O)O. The summed E-state index contributed by atoms with van der Waals surface area (Å²) in [6.07, 6.45) is 19.9. The summed E-state index contributed by atoms with van der Waals surface area (Å²) in [5, 5.41) is 18.8. The number of carboxylic acids is 1. The average molecular weight is 349 g/mol. The first kappa shape index (κ1) is 20.2. The van der Waals surface area contributed by atoms with Crippen LogP contribution >= 0.6 is 0 Å². The van der Waals surface area contributed by atoms with E-state index in [4.69, 9.17) is 5.11 Å². The minimum absolute atomic E-state index is 0.263. The number of hydrogen-bond acceptors (Lipinski definition) is 2. The summed E-state index contributed by atoms with van der Waals surface area (Å²) in [4.78, 5) is 10.5. The fourth-order valence-electron chi connectivity index (χ4n) is 4.54. The normalized spacial score (nSPS) is 29.8. The van der Waals surface area contributed by atoms with Crippen molar-refractivity contribution in [2.45, 2.75) is 83.7 Å². The van der Waals surface area contributed by atoms with Gasteiger partial charge in [0.15, 0.2) is 0 Å². The number of aliphatic hydroxyl groups excluding tert-OH is 1. The topological polar surface area (TPSA) is 57.5 Å². The number of carbonyl (C=O) groups is 1. The van der Waals surface area contributed by atoms with Crippen molar-refractivity contribution in [3.05, 3.63) is 24.3 Å². The molecule has 3 saturated carbocycles. The lowest BCUT2D eigenvalue weighted by atomic mass is 9.55. The number of unbranched alkanes of at least 4 members (excludes halogenated alkanes) is 3. The maximum Gasteiger partial charge on any atom is 0.303 e. The molecular formula is C22H36O3. The van der Waals surface area contributed by atoms with Gasteiger partial charge < -0.3 is 10.2 Å². The van der Waals surface area contributed by atoms with E-state index in [0.717, 1.165) is 43.9 Å². The molecule has 0 amide bonds. The van der Waals surface area contributed by atoms with E-state index in [0.29, 0.717) is 11.8 Å². The fraction of sp³-hybridized carbons (Fsp3) is 0.773. The van der Waals surface area contributed by atoms with Crippen molar-refractivity contribution in [2.24, 2.45) is 23.7 Å². The van der Waals surface area contributed by atoms with Gasteiger partial charge in [-0.1, -0.05) is 50.5 Å². The van der Waals surface area contributed by atoms with Crippen LogP contribution in [-0.4, -0.2) is 22.3 Å². The molecule has 3 heteroatoms. The monoisotopic (exact) mass is 348 g/mol. The summed E-state index contributed by atoms with van der Waals surface area (Å²) in [5.74, 6) is 2.38. The van der Waals surface area contributed by atoms with Crippen molar-refractivity contribution in [2.75, 3.05) is 0 Å². The first-order valence-electron chi connectivity index (χ1n) is 10.3. The second kappa shape index (κ2) is 10.8. The van der Waals surface area contributed by atoms with Crippen LogP contribution in [-0.2, 0) is 4.79 Å². The maximum absolute atomic E-state index is 10.5. The smallest absolute Gasteiger partial charge is 0.303 e. The van der Waals surface area contributed by atoms with Crippen LogP contribution in [0.5, 0.6) is 0 Å². The number of aliphatic hydroxyl groups is 1. The second-order valence-electron chi connectivity index (χ2n) is 8.10. The van der Waals surface area contributed by atoms with E-state index in [1.54, 1.807) is 0 Å².